The van der Waals surface area contributed by atoms with Crippen LogP contribution in [0.1, 0.15) is 32.1 Å². The van der Waals surface area contributed by atoms with Gasteiger partial charge in [0.1, 0.15) is 0 Å². The van der Waals surface area contributed by atoms with Gasteiger partial charge in [-0.2, -0.15) is 0 Å². The van der Waals surface area contributed by atoms with Gasteiger partial charge >= 0.3 is 0 Å². The van der Waals surface area contributed by atoms with Gasteiger partial charge in [-0.1, -0.05) is 18.2 Å². The van der Waals surface area contributed by atoms with Crippen molar-refractivity contribution in [3.8, 4) is 0 Å². The second-order valence-corrected chi connectivity index (χ2v) is 6.95. The molecule has 3 rings (SSSR count). The summed E-state index contributed by atoms with van der Waals surface area (Å²) in [6.45, 7) is 0. The van der Waals surface area contributed by atoms with Crippen LogP contribution in [0.5, 0.6) is 0 Å². The molecule has 0 aromatic heterocycles. The summed E-state index contributed by atoms with van der Waals surface area (Å²) in [7, 11) is 0. The Hall–Kier alpha value is -1.00. The lowest BCUT2D eigenvalue weighted by Crippen LogP contribution is -2.39. The van der Waals surface area contributed by atoms with Crippen LogP contribution in [0.2, 0.25) is 0 Å². The molecule has 2 saturated heterocycles. The molecular formula is C16H22N2OS. The van der Waals surface area contributed by atoms with Gasteiger partial charge in [-0.15, -0.1) is 11.8 Å². The average Bonchev–Trinajstić information content (AvgIpc) is 3.06. The van der Waals surface area contributed by atoms with E-state index in [4.69, 9.17) is 5.73 Å². The summed E-state index contributed by atoms with van der Waals surface area (Å²) in [6.07, 6.45) is 5.29. The number of fused-ring (bicyclic) bond motifs is 2. The second kappa shape index (κ2) is 6.19. The number of thioether (sulfide) groups is 1. The molecule has 0 spiro atoms. The maximum Gasteiger partial charge on any atom is 0.224 e. The van der Waals surface area contributed by atoms with E-state index in [2.05, 4.69) is 17.0 Å². The van der Waals surface area contributed by atoms with Gasteiger partial charge in [-0.3, -0.25) is 4.79 Å². The number of nitrogens with zero attached hydrogens (tertiary/aromatic N) is 1. The molecule has 0 saturated carbocycles. The minimum absolute atomic E-state index is 0.0484. The SMILES string of the molecule is N[C@@H](CSc1ccccc1)CC(=O)N1C2CCC1CC2. The van der Waals surface area contributed by atoms with E-state index in [1.807, 2.05) is 18.2 Å². The average molecular weight is 290 g/mol. The Balaban J connectivity index is 1.47. The zero-order valence-corrected chi connectivity index (χ0v) is 12.5. The number of carbonyl (C=O) groups excluding carboxylic acids is 1. The van der Waals surface area contributed by atoms with E-state index in [-0.39, 0.29) is 11.9 Å². The molecule has 1 atom stereocenters. The first kappa shape index (κ1) is 14.0. The van der Waals surface area contributed by atoms with Gasteiger partial charge in [-0.05, 0) is 37.8 Å². The number of nitrogens with two attached hydrogens (primary N) is 1. The highest BCUT2D eigenvalue weighted by Crippen LogP contribution is 2.37. The smallest absolute Gasteiger partial charge is 0.224 e. The maximum absolute atomic E-state index is 12.4. The first-order valence-corrected chi connectivity index (χ1v) is 8.47. The number of amides is 1. The minimum Gasteiger partial charge on any atom is -0.337 e. The fraction of sp³-hybridized carbons (Fsp3) is 0.562. The normalized spacial score (nSPS) is 25.9. The molecule has 20 heavy (non-hydrogen) atoms. The summed E-state index contributed by atoms with van der Waals surface area (Å²) in [5.41, 5.74) is 6.13. The molecule has 1 aromatic rings. The van der Waals surface area contributed by atoms with Crippen LogP contribution in [0.4, 0.5) is 0 Å². The fourth-order valence-electron chi connectivity index (χ4n) is 3.43. The summed E-state index contributed by atoms with van der Waals surface area (Å²) in [6, 6.07) is 11.2. The van der Waals surface area contributed by atoms with Crippen molar-refractivity contribution in [3.05, 3.63) is 30.3 Å². The Kier molecular flexibility index (Phi) is 4.32. The van der Waals surface area contributed by atoms with E-state index < -0.39 is 0 Å². The van der Waals surface area contributed by atoms with Gasteiger partial charge in [0.2, 0.25) is 5.91 Å². The van der Waals surface area contributed by atoms with Gasteiger partial charge < -0.3 is 10.6 Å². The van der Waals surface area contributed by atoms with Crippen LogP contribution in [-0.4, -0.2) is 34.7 Å². The number of benzene rings is 1. The third kappa shape index (κ3) is 3.01. The molecular weight excluding hydrogens is 268 g/mol. The fourth-order valence-corrected chi connectivity index (χ4v) is 4.30. The monoisotopic (exact) mass is 290 g/mol. The molecule has 0 unspecified atom stereocenters. The van der Waals surface area contributed by atoms with Crippen molar-refractivity contribution >= 4 is 17.7 Å². The number of hydrogen-bond donors (Lipinski definition) is 1. The van der Waals surface area contributed by atoms with Crippen LogP contribution in [0.15, 0.2) is 35.2 Å². The van der Waals surface area contributed by atoms with E-state index >= 15 is 0 Å². The number of carbonyl (C=O) groups is 1. The molecule has 1 aromatic carbocycles. The molecule has 2 fully saturated rings. The van der Waals surface area contributed by atoms with Gasteiger partial charge in [0.25, 0.3) is 0 Å². The third-order valence-electron chi connectivity index (χ3n) is 4.39. The van der Waals surface area contributed by atoms with Crippen molar-refractivity contribution in [2.24, 2.45) is 5.73 Å². The van der Waals surface area contributed by atoms with Crippen LogP contribution < -0.4 is 5.73 Å². The van der Waals surface area contributed by atoms with Crippen molar-refractivity contribution in [1.29, 1.82) is 0 Å². The predicted molar refractivity (Wildman–Crippen MR) is 82.6 cm³/mol. The third-order valence-corrected chi connectivity index (χ3v) is 5.59. The summed E-state index contributed by atoms with van der Waals surface area (Å²) in [5, 5.41) is 0. The first-order valence-electron chi connectivity index (χ1n) is 7.48. The Morgan fingerprint density at radius 3 is 2.40 bits per heavy atom. The quantitative estimate of drug-likeness (QED) is 0.848. The molecule has 3 nitrogen and oxygen atoms in total. The highest BCUT2D eigenvalue weighted by Gasteiger charge is 2.41. The predicted octanol–water partition coefficient (Wildman–Crippen LogP) is 2.65. The lowest BCUT2D eigenvalue weighted by molar-refractivity contribution is -0.132. The van der Waals surface area contributed by atoms with Gasteiger partial charge in [0.05, 0.1) is 0 Å². The molecule has 2 aliphatic rings. The van der Waals surface area contributed by atoms with Crippen LogP contribution in [0.25, 0.3) is 0 Å². The molecule has 1 amide bonds. The lowest BCUT2D eigenvalue weighted by Gasteiger charge is -2.23. The molecule has 0 aliphatic carbocycles. The standard InChI is InChI=1S/C16H22N2OS/c17-12(11-20-15-4-2-1-3-5-15)10-16(19)18-13-6-7-14(18)9-8-13/h1-5,12-14H,6-11,17H2/t12-,13?,14?/m1/s1. The largest absolute Gasteiger partial charge is 0.337 e. The summed E-state index contributed by atoms with van der Waals surface area (Å²) in [5.74, 6) is 1.08. The van der Waals surface area contributed by atoms with E-state index in [0.717, 1.165) is 5.75 Å². The van der Waals surface area contributed by atoms with E-state index in [1.54, 1.807) is 11.8 Å². The molecule has 2 heterocycles. The van der Waals surface area contributed by atoms with Crippen molar-refractivity contribution in [1.82, 2.24) is 4.90 Å². The van der Waals surface area contributed by atoms with Crippen LogP contribution >= 0.6 is 11.8 Å². The topological polar surface area (TPSA) is 46.3 Å². The summed E-state index contributed by atoms with van der Waals surface area (Å²) >= 11 is 1.73. The maximum atomic E-state index is 12.4. The zero-order valence-electron chi connectivity index (χ0n) is 11.7. The molecule has 4 heteroatoms. The van der Waals surface area contributed by atoms with Crippen molar-refractivity contribution in [2.45, 2.75) is 55.1 Å². The Labute approximate surface area is 124 Å². The summed E-state index contributed by atoms with van der Waals surface area (Å²) < 4.78 is 0. The Morgan fingerprint density at radius 1 is 1.20 bits per heavy atom. The first-order chi connectivity index (χ1) is 9.74. The van der Waals surface area contributed by atoms with Crippen molar-refractivity contribution < 1.29 is 4.79 Å². The van der Waals surface area contributed by atoms with Crippen molar-refractivity contribution in [2.75, 3.05) is 5.75 Å². The molecule has 2 N–H and O–H groups in total. The molecule has 0 radical (unpaired) electrons. The molecule has 108 valence electrons. The number of rotatable bonds is 5. The minimum atomic E-state index is -0.0484. The zero-order chi connectivity index (χ0) is 13.9. The highest BCUT2D eigenvalue weighted by atomic mass is 32.2. The Morgan fingerprint density at radius 2 is 1.80 bits per heavy atom. The van der Waals surface area contributed by atoms with Crippen LogP contribution in [0.3, 0.4) is 0 Å². The molecule has 2 aliphatic heterocycles. The van der Waals surface area contributed by atoms with Gasteiger partial charge in [-0.25, -0.2) is 0 Å². The van der Waals surface area contributed by atoms with Gasteiger partial charge in [0, 0.05) is 35.2 Å². The van der Waals surface area contributed by atoms with Crippen LogP contribution in [-0.2, 0) is 4.79 Å². The van der Waals surface area contributed by atoms with E-state index in [0.29, 0.717) is 18.5 Å². The highest BCUT2D eigenvalue weighted by molar-refractivity contribution is 7.99. The van der Waals surface area contributed by atoms with E-state index in [1.165, 1.54) is 30.6 Å². The van der Waals surface area contributed by atoms with Gasteiger partial charge in [0.15, 0.2) is 0 Å². The molecule has 2 bridgehead atoms. The number of hydrogen-bond acceptors (Lipinski definition) is 3. The summed E-state index contributed by atoms with van der Waals surface area (Å²) in [4.78, 5) is 15.7. The van der Waals surface area contributed by atoms with E-state index in [9.17, 15) is 4.79 Å². The second-order valence-electron chi connectivity index (χ2n) is 5.85. The van der Waals surface area contributed by atoms with Crippen molar-refractivity contribution in [3.63, 3.8) is 0 Å². The van der Waals surface area contributed by atoms with Crippen LogP contribution in [0, 0.1) is 0 Å². The lowest BCUT2D eigenvalue weighted by atomic mass is 10.0. The Bertz CT molecular complexity index is 445.